The van der Waals surface area contributed by atoms with E-state index in [0.717, 1.165) is 55.2 Å². The topological polar surface area (TPSA) is 26.3 Å². The fraction of sp³-hybridized carbons (Fsp3) is 0.0455. The predicted molar refractivity (Wildman–Crippen MR) is 191 cm³/mol. The van der Waals surface area contributed by atoms with Crippen molar-refractivity contribution >= 4 is 55.3 Å². The number of allylic oxidation sites excluding steroid dienone is 5. The van der Waals surface area contributed by atoms with Crippen LogP contribution in [0.2, 0.25) is 0 Å². The van der Waals surface area contributed by atoms with Gasteiger partial charge < -0.3 is 8.83 Å². The van der Waals surface area contributed by atoms with Crippen molar-refractivity contribution in [3.63, 3.8) is 0 Å². The van der Waals surface area contributed by atoms with Gasteiger partial charge in [0.25, 0.3) is 0 Å². The Bertz CT molecular complexity index is 2570. The van der Waals surface area contributed by atoms with Crippen LogP contribution in [0, 0.1) is 5.92 Å². The van der Waals surface area contributed by atoms with Gasteiger partial charge in [-0.2, -0.15) is 0 Å². The molecule has 2 unspecified atom stereocenters. The number of hydrogen-bond donors (Lipinski definition) is 0. The lowest BCUT2D eigenvalue weighted by atomic mass is 9.78. The summed E-state index contributed by atoms with van der Waals surface area (Å²) < 4.78 is 13.2. The Kier molecular flexibility index (Phi) is 5.44. The molecule has 2 heteroatoms. The third-order valence-corrected chi connectivity index (χ3v) is 9.82. The molecule has 0 amide bonds. The van der Waals surface area contributed by atoms with Gasteiger partial charge in [-0.1, -0.05) is 115 Å². The maximum absolute atomic E-state index is 6.63. The number of hydrogen-bond acceptors (Lipinski definition) is 2. The summed E-state index contributed by atoms with van der Waals surface area (Å²) in [5, 5.41) is 5.74. The van der Waals surface area contributed by atoms with Gasteiger partial charge >= 0.3 is 0 Å². The molecule has 216 valence electrons. The monoisotopic (exact) mass is 588 g/mol. The largest absolute Gasteiger partial charge is 0.460 e. The van der Waals surface area contributed by atoms with Gasteiger partial charge in [0, 0.05) is 38.9 Å². The third kappa shape index (κ3) is 3.90. The number of furan rings is 2. The van der Waals surface area contributed by atoms with Gasteiger partial charge in [-0.3, -0.25) is 0 Å². The van der Waals surface area contributed by atoms with Crippen molar-refractivity contribution in [2.75, 3.05) is 0 Å². The summed E-state index contributed by atoms with van der Waals surface area (Å²) in [6.45, 7) is 0. The SMILES string of the molecule is C1=CC2c3oc4cc(-c5ccc6c(c5)oc5c7ccc(-c8ccccc8)cc7ccc65)ccc4c3C=CC2C=C1c1ccccc1. The molecule has 8 aromatic rings. The lowest BCUT2D eigenvalue weighted by molar-refractivity contribution is 0.492. The van der Waals surface area contributed by atoms with Gasteiger partial charge in [-0.15, -0.1) is 0 Å². The second-order valence-corrected chi connectivity index (χ2v) is 12.5. The summed E-state index contributed by atoms with van der Waals surface area (Å²) >= 11 is 0. The maximum Gasteiger partial charge on any atom is 0.143 e. The van der Waals surface area contributed by atoms with E-state index in [9.17, 15) is 0 Å². The molecule has 2 aliphatic carbocycles. The van der Waals surface area contributed by atoms with Crippen LogP contribution >= 0.6 is 0 Å². The van der Waals surface area contributed by atoms with Gasteiger partial charge in [0.1, 0.15) is 22.5 Å². The molecule has 46 heavy (non-hydrogen) atoms. The summed E-state index contributed by atoms with van der Waals surface area (Å²) in [5.74, 6) is 1.53. The first-order valence-corrected chi connectivity index (χ1v) is 15.9. The molecule has 10 rings (SSSR count). The molecule has 2 nitrogen and oxygen atoms in total. The quantitative estimate of drug-likeness (QED) is 0.205. The molecule has 0 N–H and O–H groups in total. The molecule has 2 atom stereocenters. The molecule has 0 spiro atoms. The Morgan fingerprint density at radius 2 is 1.11 bits per heavy atom. The number of benzene rings is 6. The van der Waals surface area contributed by atoms with Crippen LogP contribution in [0.25, 0.3) is 77.6 Å². The maximum atomic E-state index is 6.63. The summed E-state index contributed by atoms with van der Waals surface area (Å²) in [5.41, 5.74) is 11.1. The van der Waals surface area contributed by atoms with Gasteiger partial charge in [-0.05, 0) is 81.2 Å². The fourth-order valence-electron chi connectivity index (χ4n) is 7.46. The van der Waals surface area contributed by atoms with E-state index in [1.165, 1.54) is 33.2 Å². The minimum Gasteiger partial charge on any atom is -0.460 e. The van der Waals surface area contributed by atoms with E-state index in [-0.39, 0.29) is 11.8 Å². The van der Waals surface area contributed by atoms with Crippen LogP contribution in [0.15, 0.2) is 161 Å². The molecule has 2 aromatic heterocycles. The van der Waals surface area contributed by atoms with Crippen molar-refractivity contribution in [2.24, 2.45) is 5.92 Å². The van der Waals surface area contributed by atoms with Crippen molar-refractivity contribution in [1.82, 2.24) is 0 Å². The molecule has 0 saturated carbocycles. The smallest absolute Gasteiger partial charge is 0.143 e. The van der Waals surface area contributed by atoms with Crippen LogP contribution in [-0.2, 0) is 0 Å². The van der Waals surface area contributed by atoms with E-state index in [1.807, 2.05) is 0 Å². The van der Waals surface area contributed by atoms with E-state index < -0.39 is 0 Å². The highest BCUT2D eigenvalue weighted by Gasteiger charge is 2.30. The Balaban J connectivity index is 1.01. The van der Waals surface area contributed by atoms with Crippen molar-refractivity contribution in [2.45, 2.75) is 5.92 Å². The first kappa shape index (κ1) is 25.5. The van der Waals surface area contributed by atoms with Crippen LogP contribution in [0.3, 0.4) is 0 Å². The molecular weight excluding hydrogens is 560 g/mol. The zero-order valence-electron chi connectivity index (χ0n) is 25.0. The van der Waals surface area contributed by atoms with Crippen LogP contribution in [0.5, 0.6) is 0 Å². The van der Waals surface area contributed by atoms with E-state index in [2.05, 4.69) is 158 Å². The highest BCUT2D eigenvalue weighted by Crippen LogP contribution is 2.45. The molecule has 2 aliphatic rings. The minimum atomic E-state index is 0.203. The van der Waals surface area contributed by atoms with Gasteiger partial charge in [0.05, 0.1) is 0 Å². The van der Waals surface area contributed by atoms with E-state index >= 15 is 0 Å². The van der Waals surface area contributed by atoms with E-state index in [4.69, 9.17) is 8.83 Å². The first-order chi connectivity index (χ1) is 22.8. The second kappa shape index (κ2) is 9.82. The zero-order chi connectivity index (χ0) is 30.2. The number of fused-ring (bicyclic) bond motifs is 10. The predicted octanol–water partition coefficient (Wildman–Crippen LogP) is 12.2. The molecule has 0 radical (unpaired) electrons. The average Bonchev–Trinajstić information content (AvgIpc) is 3.70. The molecule has 0 bridgehead atoms. The minimum absolute atomic E-state index is 0.203. The number of rotatable bonds is 3. The second-order valence-electron chi connectivity index (χ2n) is 12.5. The van der Waals surface area contributed by atoms with Crippen LogP contribution in [-0.4, -0.2) is 0 Å². The Labute approximate surface area is 266 Å². The van der Waals surface area contributed by atoms with Gasteiger partial charge in [0.15, 0.2) is 0 Å². The average molecular weight is 589 g/mol. The van der Waals surface area contributed by atoms with E-state index in [0.29, 0.717) is 0 Å². The van der Waals surface area contributed by atoms with Crippen molar-refractivity contribution in [3.05, 3.63) is 169 Å². The fourth-order valence-corrected chi connectivity index (χ4v) is 7.46. The summed E-state index contributed by atoms with van der Waals surface area (Å²) in [6, 6.07) is 45.3. The summed E-state index contributed by atoms with van der Waals surface area (Å²) in [7, 11) is 0. The lowest BCUT2D eigenvalue weighted by Crippen LogP contribution is -2.13. The standard InChI is InChI=1S/C44H28O2/c1-3-7-27(8-4-1)29-11-17-35-33(23-29)15-21-39-37-19-13-31(25-41(37)45-43(35)39)32-14-20-38-40-22-16-34-24-30(28-9-5-2-6-10-28)12-18-36(34)44(40)46-42(38)26-32/h1-26,33,35H. The molecule has 0 saturated heterocycles. The Hall–Kier alpha value is -5.86. The van der Waals surface area contributed by atoms with Crippen molar-refractivity contribution < 1.29 is 8.83 Å². The normalized spacial score (nSPS) is 17.1. The van der Waals surface area contributed by atoms with E-state index in [1.54, 1.807) is 0 Å². The van der Waals surface area contributed by atoms with Crippen molar-refractivity contribution in [3.8, 4) is 22.3 Å². The molecule has 0 fully saturated rings. The highest BCUT2D eigenvalue weighted by molar-refractivity contribution is 6.16. The third-order valence-electron chi connectivity index (χ3n) is 9.82. The Morgan fingerprint density at radius 1 is 0.457 bits per heavy atom. The first-order valence-electron chi connectivity index (χ1n) is 15.9. The summed E-state index contributed by atoms with van der Waals surface area (Å²) in [6.07, 6.45) is 11.5. The van der Waals surface area contributed by atoms with Gasteiger partial charge in [-0.25, -0.2) is 0 Å². The van der Waals surface area contributed by atoms with Gasteiger partial charge in [0.2, 0.25) is 0 Å². The molecule has 2 heterocycles. The van der Waals surface area contributed by atoms with Crippen molar-refractivity contribution in [1.29, 1.82) is 0 Å². The Morgan fingerprint density at radius 3 is 1.89 bits per heavy atom. The summed E-state index contributed by atoms with van der Waals surface area (Å²) in [4.78, 5) is 0. The highest BCUT2D eigenvalue weighted by atomic mass is 16.3. The van der Waals surface area contributed by atoms with Crippen LogP contribution in [0.1, 0.15) is 22.8 Å². The lowest BCUT2D eigenvalue weighted by Gasteiger charge is -2.26. The van der Waals surface area contributed by atoms with Crippen LogP contribution < -0.4 is 0 Å². The zero-order valence-corrected chi connectivity index (χ0v) is 25.0. The molecule has 0 aliphatic heterocycles. The molecular formula is C44H28O2. The van der Waals surface area contributed by atoms with Crippen LogP contribution in [0.4, 0.5) is 0 Å². The molecule has 6 aromatic carbocycles.